The first-order chi connectivity index (χ1) is 14.5. The van der Waals surface area contributed by atoms with Gasteiger partial charge >= 0.3 is 0 Å². The van der Waals surface area contributed by atoms with Gasteiger partial charge in [-0.05, 0) is 54.8 Å². The first-order valence-corrected chi connectivity index (χ1v) is 10.4. The average Bonchev–Trinajstić information content (AvgIpc) is 3.22. The van der Waals surface area contributed by atoms with Crippen molar-refractivity contribution in [2.24, 2.45) is 5.92 Å². The number of amides is 2. The fraction of sp³-hybridized carbons (Fsp3) is 0.273. The molecule has 0 aromatic heterocycles. The van der Waals surface area contributed by atoms with Gasteiger partial charge in [0.05, 0.1) is 0 Å². The maximum Gasteiger partial charge on any atom is 0.246 e. The first kappa shape index (κ1) is 20.6. The minimum Gasteiger partial charge on any atom is -0.454 e. The second-order valence-corrected chi connectivity index (χ2v) is 8.00. The molecule has 0 bridgehead atoms. The van der Waals surface area contributed by atoms with Gasteiger partial charge in [0, 0.05) is 46.9 Å². The molecule has 0 aliphatic carbocycles. The standard InChI is InChI=1S/C22H20Cl2N2O4/c23-16-2-4-18(24)15(11-16)1-6-21(27)26-9-7-14(8-10-26)22(28)25-17-3-5-19-20(12-17)30-13-29-19/h1-6,11-12,14H,7-10,13H2,(H,25,28). The van der Waals surface area contributed by atoms with E-state index in [1.165, 1.54) is 6.08 Å². The molecular formula is C22H20Cl2N2O4. The molecule has 2 aromatic carbocycles. The Morgan fingerprint density at radius 2 is 1.80 bits per heavy atom. The molecule has 1 fully saturated rings. The summed E-state index contributed by atoms with van der Waals surface area (Å²) in [5.41, 5.74) is 1.36. The van der Waals surface area contributed by atoms with Crippen molar-refractivity contribution in [2.45, 2.75) is 12.8 Å². The number of likely N-dealkylation sites (tertiary alicyclic amines) is 1. The third kappa shape index (κ3) is 4.71. The van der Waals surface area contributed by atoms with E-state index >= 15 is 0 Å². The molecule has 156 valence electrons. The molecule has 2 aliphatic heterocycles. The predicted octanol–water partition coefficient (Wildman–Crippen LogP) is 4.61. The summed E-state index contributed by atoms with van der Waals surface area (Å²) in [6, 6.07) is 10.4. The maximum absolute atomic E-state index is 12.6. The van der Waals surface area contributed by atoms with Crippen LogP contribution in [0.1, 0.15) is 18.4 Å². The maximum atomic E-state index is 12.6. The average molecular weight is 447 g/mol. The van der Waals surface area contributed by atoms with Gasteiger partial charge in [0.25, 0.3) is 0 Å². The monoisotopic (exact) mass is 446 g/mol. The number of rotatable bonds is 4. The normalized spacial score (nSPS) is 16.1. The summed E-state index contributed by atoms with van der Waals surface area (Å²) < 4.78 is 10.6. The highest BCUT2D eigenvalue weighted by Crippen LogP contribution is 2.34. The van der Waals surface area contributed by atoms with Crippen molar-refractivity contribution >= 4 is 46.8 Å². The van der Waals surface area contributed by atoms with Crippen molar-refractivity contribution in [1.29, 1.82) is 0 Å². The molecular weight excluding hydrogens is 427 g/mol. The number of ether oxygens (including phenoxy) is 2. The Morgan fingerprint density at radius 3 is 2.60 bits per heavy atom. The summed E-state index contributed by atoms with van der Waals surface area (Å²) in [7, 11) is 0. The topological polar surface area (TPSA) is 67.9 Å². The van der Waals surface area contributed by atoms with Crippen LogP contribution in [0.2, 0.25) is 10.0 Å². The minimum atomic E-state index is -0.147. The number of hydrogen-bond acceptors (Lipinski definition) is 4. The Hall–Kier alpha value is -2.70. The van der Waals surface area contributed by atoms with E-state index in [9.17, 15) is 9.59 Å². The van der Waals surface area contributed by atoms with Gasteiger partial charge in [0.1, 0.15) is 0 Å². The van der Waals surface area contributed by atoms with E-state index in [0.717, 1.165) is 0 Å². The lowest BCUT2D eigenvalue weighted by Crippen LogP contribution is -2.40. The number of halogens is 2. The van der Waals surface area contributed by atoms with Crippen molar-refractivity contribution in [1.82, 2.24) is 4.90 Å². The van der Waals surface area contributed by atoms with Crippen LogP contribution in [0.15, 0.2) is 42.5 Å². The summed E-state index contributed by atoms with van der Waals surface area (Å²) in [5.74, 6) is 0.987. The third-order valence-corrected chi connectivity index (χ3v) is 5.76. The van der Waals surface area contributed by atoms with Gasteiger partial charge in [-0.25, -0.2) is 0 Å². The number of hydrogen-bond donors (Lipinski definition) is 1. The van der Waals surface area contributed by atoms with Crippen LogP contribution in [-0.2, 0) is 9.59 Å². The van der Waals surface area contributed by atoms with E-state index in [-0.39, 0.29) is 24.5 Å². The van der Waals surface area contributed by atoms with Crippen LogP contribution < -0.4 is 14.8 Å². The molecule has 2 aromatic rings. The van der Waals surface area contributed by atoms with Crippen LogP contribution in [0.4, 0.5) is 5.69 Å². The molecule has 2 amide bonds. The van der Waals surface area contributed by atoms with E-state index in [0.29, 0.717) is 58.7 Å². The molecule has 1 N–H and O–H groups in total. The second-order valence-electron chi connectivity index (χ2n) is 7.16. The minimum absolute atomic E-state index is 0.0535. The lowest BCUT2D eigenvalue weighted by Gasteiger charge is -2.30. The van der Waals surface area contributed by atoms with Gasteiger partial charge < -0.3 is 19.7 Å². The van der Waals surface area contributed by atoms with Gasteiger partial charge in [0.15, 0.2) is 11.5 Å². The van der Waals surface area contributed by atoms with Crippen molar-refractivity contribution in [2.75, 3.05) is 25.2 Å². The molecule has 1 saturated heterocycles. The number of benzene rings is 2. The van der Waals surface area contributed by atoms with Gasteiger partial charge in [-0.1, -0.05) is 23.2 Å². The Bertz CT molecular complexity index is 1000. The molecule has 8 heteroatoms. The summed E-state index contributed by atoms with van der Waals surface area (Å²) in [6.07, 6.45) is 4.36. The number of nitrogens with one attached hydrogen (secondary N) is 1. The Kier molecular flexibility index (Phi) is 6.16. The first-order valence-electron chi connectivity index (χ1n) is 9.62. The van der Waals surface area contributed by atoms with E-state index in [1.54, 1.807) is 47.4 Å². The SMILES string of the molecule is O=C(Nc1ccc2c(c1)OCO2)C1CCN(C(=O)C=Cc2cc(Cl)ccc2Cl)CC1. The predicted molar refractivity (Wildman–Crippen MR) is 116 cm³/mol. The Labute approximate surface area is 184 Å². The van der Waals surface area contributed by atoms with Crippen LogP contribution in [0.25, 0.3) is 6.08 Å². The lowest BCUT2D eigenvalue weighted by atomic mass is 9.95. The molecule has 2 aliphatic rings. The van der Waals surface area contributed by atoms with Crippen LogP contribution in [0, 0.1) is 5.92 Å². The largest absolute Gasteiger partial charge is 0.454 e. The molecule has 0 spiro atoms. The summed E-state index contributed by atoms with van der Waals surface area (Å²) in [6.45, 7) is 1.23. The van der Waals surface area contributed by atoms with Crippen LogP contribution in [0.3, 0.4) is 0 Å². The van der Waals surface area contributed by atoms with Crippen molar-refractivity contribution in [3.63, 3.8) is 0 Å². The number of fused-ring (bicyclic) bond motifs is 1. The third-order valence-electron chi connectivity index (χ3n) is 5.18. The molecule has 0 atom stereocenters. The zero-order chi connectivity index (χ0) is 21.1. The zero-order valence-corrected chi connectivity index (χ0v) is 17.6. The van der Waals surface area contributed by atoms with Gasteiger partial charge in [-0.3, -0.25) is 9.59 Å². The fourth-order valence-corrected chi connectivity index (χ4v) is 3.85. The van der Waals surface area contributed by atoms with E-state index in [2.05, 4.69) is 5.32 Å². The van der Waals surface area contributed by atoms with E-state index < -0.39 is 0 Å². The number of carbonyl (C=O) groups is 2. The quantitative estimate of drug-likeness (QED) is 0.696. The summed E-state index contributed by atoms with van der Waals surface area (Å²) in [5, 5.41) is 4.01. The molecule has 0 unspecified atom stereocenters. The zero-order valence-electron chi connectivity index (χ0n) is 16.1. The Balaban J connectivity index is 1.30. The van der Waals surface area contributed by atoms with Crippen molar-refractivity contribution in [3.05, 3.63) is 58.1 Å². The summed E-state index contributed by atoms with van der Waals surface area (Å²) in [4.78, 5) is 26.8. The van der Waals surface area contributed by atoms with Gasteiger partial charge in [-0.2, -0.15) is 0 Å². The molecule has 0 radical (unpaired) electrons. The highest BCUT2D eigenvalue weighted by atomic mass is 35.5. The molecule has 30 heavy (non-hydrogen) atoms. The van der Waals surface area contributed by atoms with Crippen LogP contribution >= 0.6 is 23.2 Å². The van der Waals surface area contributed by atoms with Crippen molar-refractivity contribution < 1.29 is 19.1 Å². The molecule has 2 heterocycles. The van der Waals surface area contributed by atoms with Crippen LogP contribution in [0.5, 0.6) is 11.5 Å². The number of anilines is 1. The molecule has 6 nitrogen and oxygen atoms in total. The second kappa shape index (κ2) is 8.98. The fourth-order valence-electron chi connectivity index (χ4n) is 3.49. The van der Waals surface area contributed by atoms with Crippen LogP contribution in [-0.4, -0.2) is 36.6 Å². The van der Waals surface area contributed by atoms with E-state index in [4.69, 9.17) is 32.7 Å². The summed E-state index contributed by atoms with van der Waals surface area (Å²) >= 11 is 12.1. The molecule has 0 saturated carbocycles. The van der Waals surface area contributed by atoms with E-state index in [1.807, 2.05) is 0 Å². The number of carbonyl (C=O) groups excluding carboxylic acids is 2. The Morgan fingerprint density at radius 1 is 1.03 bits per heavy atom. The molecule has 4 rings (SSSR count). The van der Waals surface area contributed by atoms with Gasteiger partial charge in [0.2, 0.25) is 18.6 Å². The smallest absolute Gasteiger partial charge is 0.246 e. The highest BCUT2D eigenvalue weighted by Gasteiger charge is 2.27. The highest BCUT2D eigenvalue weighted by molar-refractivity contribution is 6.34. The number of nitrogens with zero attached hydrogens (tertiary/aromatic N) is 1. The lowest BCUT2D eigenvalue weighted by molar-refractivity contribution is -0.130. The number of piperidine rings is 1. The van der Waals surface area contributed by atoms with Crippen molar-refractivity contribution in [3.8, 4) is 11.5 Å². The van der Waals surface area contributed by atoms with Gasteiger partial charge in [-0.15, -0.1) is 0 Å².